The first-order valence-corrected chi connectivity index (χ1v) is 8.13. The van der Waals surface area contributed by atoms with Crippen LogP contribution in [0.15, 0.2) is 45.6 Å². The molecule has 1 saturated heterocycles. The molecule has 3 aromatic rings. The highest BCUT2D eigenvalue weighted by molar-refractivity contribution is 6.15. The second-order valence-corrected chi connectivity index (χ2v) is 6.13. The van der Waals surface area contributed by atoms with Crippen LogP contribution in [0.3, 0.4) is 0 Å². The Morgan fingerprint density at radius 2 is 1.79 bits per heavy atom. The van der Waals surface area contributed by atoms with Crippen molar-refractivity contribution in [1.29, 1.82) is 0 Å². The molecule has 0 amide bonds. The second kappa shape index (κ2) is 5.67. The van der Waals surface area contributed by atoms with Gasteiger partial charge >= 0.3 is 11.6 Å². The molecular weight excluding hydrogens is 306 g/mol. The number of anilines is 1. The minimum absolute atomic E-state index is 0.263. The molecule has 24 heavy (non-hydrogen) atoms. The summed E-state index contributed by atoms with van der Waals surface area (Å²) in [5.74, 6) is -1.24. The molecule has 0 unspecified atom stereocenters. The van der Waals surface area contributed by atoms with Gasteiger partial charge in [-0.25, -0.2) is 9.59 Å². The molecule has 0 saturated carbocycles. The Kier molecular flexibility index (Phi) is 3.49. The summed E-state index contributed by atoms with van der Waals surface area (Å²) in [6.45, 7) is 1.50. The fourth-order valence-corrected chi connectivity index (χ4v) is 3.58. The highest BCUT2D eigenvalue weighted by atomic mass is 16.4. The minimum Gasteiger partial charge on any atom is -0.477 e. The molecule has 0 radical (unpaired) electrons. The van der Waals surface area contributed by atoms with Crippen molar-refractivity contribution in [3.05, 3.63) is 52.4 Å². The second-order valence-electron chi connectivity index (χ2n) is 6.13. The molecular formula is C19H17NO4. The van der Waals surface area contributed by atoms with Crippen LogP contribution in [0.4, 0.5) is 5.69 Å². The number of carbonyl (C=O) groups is 1. The summed E-state index contributed by atoms with van der Waals surface area (Å²) in [4.78, 5) is 26.1. The molecule has 1 N–H and O–H groups in total. The maximum Gasteiger partial charge on any atom is 0.353 e. The van der Waals surface area contributed by atoms with Crippen LogP contribution >= 0.6 is 0 Å². The van der Waals surface area contributed by atoms with Crippen LogP contribution in [-0.4, -0.2) is 24.2 Å². The molecule has 0 aliphatic carbocycles. The van der Waals surface area contributed by atoms with Crippen LogP contribution in [0, 0.1) is 0 Å². The van der Waals surface area contributed by atoms with E-state index in [0.717, 1.165) is 43.1 Å². The Labute approximate surface area is 138 Å². The molecule has 4 rings (SSSR count). The van der Waals surface area contributed by atoms with Gasteiger partial charge in [-0.3, -0.25) is 0 Å². The van der Waals surface area contributed by atoms with E-state index in [2.05, 4.69) is 0 Å². The number of carboxylic acids is 1. The molecule has 0 spiro atoms. The van der Waals surface area contributed by atoms with Gasteiger partial charge in [0.1, 0.15) is 5.58 Å². The summed E-state index contributed by atoms with van der Waals surface area (Å²) in [6.07, 6.45) is 3.11. The number of fused-ring (bicyclic) bond motifs is 3. The first kappa shape index (κ1) is 14.8. The van der Waals surface area contributed by atoms with E-state index < -0.39 is 11.6 Å². The zero-order valence-electron chi connectivity index (χ0n) is 13.1. The monoisotopic (exact) mass is 323 g/mol. The Balaban J connectivity index is 2.17. The van der Waals surface area contributed by atoms with Crippen molar-refractivity contribution in [3.8, 4) is 0 Å². The molecule has 5 heteroatoms. The van der Waals surface area contributed by atoms with E-state index in [1.165, 1.54) is 0 Å². The molecule has 1 aliphatic rings. The van der Waals surface area contributed by atoms with Gasteiger partial charge in [0.2, 0.25) is 0 Å². The smallest absolute Gasteiger partial charge is 0.353 e. The number of rotatable bonds is 2. The quantitative estimate of drug-likeness (QED) is 0.576. The average Bonchev–Trinajstić information content (AvgIpc) is 2.60. The molecule has 2 aromatic carbocycles. The number of carboxylic acid groups (broad SMARTS) is 1. The first-order valence-electron chi connectivity index (χ1n) is 8.13. The van der Waals surface area contributed by atoms with E-state index in [1.807, 2.05) is 35.2 Å². The van der Waals surface area contributed by atoms with E-state index >= 15 is 0 Å². The lowest BCUT2D eigenvalue weighted by molar-refractivity contribution is 0.0693. The van der Waals surface area contributed by atoms with Gasteiger partial charge in [-0.1, -0.05) is 30.3 Å². The summed E-state index contributed by atoms with van der Waals surface area (Å²) >= 11 is 0. The minimum atomic E-state index is -1.24. The number of benzene rings is 2. The fourth-order valence-electron chi connectivity index (χ4n) is 3.58. The van der Waals surface area contributed by atoms with Gasteiger partial charge in [0, 0.05) is 18.5 Å². The number of piperidine rings is 1. The van der Waals surface area contributed by atoms with Gasteiger partial charge in [0.15, 0.2) is 5.56 Å². The van der Waals surface area contributed by atoms with Gasteiger partial charge in [-0.2, -0.15) is 0 Å². The van der Waals surface area contributed by atoms with Crippen molar-refractivity contribution in [3.63, 3.8) is 0 Å². The fraction of sp³-hybridized carbons (Fsp3) is 0.263. The summed E-state index contributed by atoms with van der Waals surface area (Å²) in [6, 6.07) is 11.4. The Hall–Kier alpha value is -2.82. The zero-order chi connectivity index (χ0) is 16.7. The lowest BCUT2D eigenvalue weighted by Gasteiger charge is -2.30. The molecule has 1 aromatic heterocycles. The Bertz CT molecular complexity index is 999. The SMILES string of the molecule is O=C(O)c1c(N2CCCCC2)c2c(ccc3ccccc32)oc1=O. The summed E-state index contributed by atoms with van der Waals surface area (Å²) < 4.78 is 5.33. The van der Waals surface area contributed by atoms with Crippen LogP contribution in [0.25, 0.3) is 21.7 Å². The third-order valence-electron chi connectivity index (χ3n) is 4.66. The Morgan fingerprint density at radius 1 is 1.04 bits per heavy atom. The van der Waals surface area contributed by atoms with Crippen molar-refractivity contribution in [2.24, 2.45) is 0 Å². The first-order chi connectivity index (χ1) is 11.7. The normalized spacial score (nSPS) is 15.1. The maximum atomic E-state index is 12.3. The maximum absolute atomic E-state index is 12.3. The number of nitrogens with zero attached hydrogens (tertiary/aromatic N) is 1. The van der Waals surface area contributed by atoms with Crippen molar-refractivity contribution >= 4 is 33.4 Å². The van der Waals surface area contributed by atoms with Crippen molar-refractivity contribution in [1.82, 2.24) is 0 Å². The van der Waals surface area contributed by atoms with Gasteiger partial charge in [-0.05, 0) is 36.1 Å². The Morgan fingerprint density at radius 3 is 2.54 bits per heavy atom. The van der Waals surface area contributed by atoms with Gasteiger partial charge in [-0.15, -0.1) is 0 Å². The number of hydrogen-bond donors (Lipinski definition) is 1. The predicted octanol–water partition coefficient (Wildman–Crippen LogP) is 3.63. The molecule has 0 atom stereocenters. The number of aromatic carboxylic acids is 1. The molecule has 1 aliphatic heterocycles. The molecule has 5 nitrogen and oxygen atoms in total. The molecule has 1 fully saturated rings. The summed E-state index contributed by atoms with van der Waals surface area (Å²) in [5.41, 5.74) is -0.110. The largest absolute Gasteiger partial charge is 0.477 e. The highest BCUT2D eigenvalue weighted by Gasteiger charge is 2.26. The predicted molar refractivity (Wildman–Crippen MR) is 93.0 cm³/mol. The number of hydrogen-bond acceptors (Lipinski definition) is 4. The third-order valence-corrected chi connectivity index (χ3v) is 4.66. The van der Waals surface area contributed by atoms with Crippen molar-refractivity contribution in [2.45, 2.75) is 19.3 Å². The average molecular weight is 323 g/mol. The van der Waals surface area contributed by atoms with E-state index in [4.69, 9.17) is 4.42 Å². The van der Waals surface area contributed by atoms with E-state index in [0.29, 0.717) is 16.7 Å². The van der Waals surface area contributed by atoms with Crippen LogP contribution < -0.4 is 10.5 Å². The van der Waals surface area contributed by atoms with Crippen LogP contribution in [-0.2, 0) is 0 Å². The van der Waals surface area contributed by atoms with Gasteiger partial charge in [0.25, 0.3) is 0 Å². The highest BCUT2D eigenvalue weighted by Crippen LogP contribution is 2.36. The lowest BCUT2D eigenvalue weighted by Crippen LogP contribution is -2.33. The van der Waals surface area contributed by atoms with Crippen LogP contribution in [0.1, 0.15) is 29.6 Å². The molecule has 0 bridgehead atoms. The van der Waals surface area contributed by atoms with E-state index in [-0.39, 0.29) is 5.56 Å². The summed E-state index contributed by atoms with van der Waals surface area (Å²) in [7, 11) is 0. The van der Waals surface area contributed by atoms with E-state index in [9.17, 15) is 14.7 Å². The summed E-state index contributed by atoms with van der Waals surface area (Å²) in [5, 5.41) is 12.2. The van der Waals surface area contributed by atoms with Crippen LogP contribution in [0.5, 0.6) is 0 Å². The standard InChI is InChI=1S/C19H17NO4/c21-18(22)16-17(20-10-4-1-5-11-20)15-13-7-3-2-6-12(13)8-9-14(15)24-19(16)23/h2-3,6-9H,1,4-5,10-11H2,(H,21,22). The van der Waals surface area contributed by atoms with E-state index in [1.54, 1.807) is 6.07 Å². The van der Waals surface area contributed by atoms with Crippen molar-refractivity contribution in [2.75, 3.05) is 18.0 Å². The lowest BCUT2D eigenvalue weighted by atomic mass is 10.00. The van der Waals surface area contributed by atoms with Crippen molar-refractivity contribution < 1.29 is 14.3 Å². The van der Waals surface area contributed by atoms with Gasteiger partial charge in [0.05, 0.1) is 5.69 Å². The van der Waals surface area contributed by atoms with Gasteiger partial charge < -0.3 is 14.4 Å². The van der Waals surface area contributed by atoms with Crippen LogP contribution in [0.2, 0.25) is 0 Å². The zero-order valence-corrected chi connectivity index (χ0v) is 13.1. The topological polar surface area (TPSA) is 70.8 Å². The molecule has 122 valence electrons. The molecule has 2 heterocycles. The third kappa shape index (κ3) is 2.24.